The highest BCUT2D eigenvalue weighted by Gasteiger charge is 2.27. The van der Waals surface area contributed by atoms with Crippen LogP contribution in [0, 0.1) is 0 Å². The number of urea groups is 1. The van der Waals surface area contributed by atoms with Gasteiger partial charge >= 0.3 is 12.0 Å². The molecule has 0 aliphatic heterocycles. The lowest BCUT2D eigenvalue weighted by Crippen LogP contribution is -2.45. The van der Waals surface area contributed by atoms with Crippen LogP contribution in [-0.2, 0) is 19.6 Å². The smallest absolute Gasteiger partial charge is 0.338 e. The number of methoxy groups -OCH3 is 1. The molecule has 1 unspecified atom stereocenters. The molecule has 0 saturated heterocycles. The van der Waals surface area contributed by atoms with Gasteiger partial charge in [-0.05, 0) is 38.0 Å². The van der Waals surface area contributed by atoms with Crippen LogP contribution < -0.4 is 15.4 Å². The van der Waals surface area contributed by atoms with Crippen LogP contribution in [0.2, 0.25) is 0 Å². The van der Waals surface area contributed by atoms with Gasteiger partial charge in [0.2, 0.25) is 10.0 Å². The first-order valence-electron chi connectivity index (χ1n) is 8.49. The van der Waals surface area contributed by atoms with Crippen molar-refractivity contribution >= 4 is 27.9 Å². The molecule has 10 nitrogen and oxygen atoms in total. The number of carbonyl (C=O) groups excluding carboxylic acids is 3. The van der Waals surface area contributed by atoms with Gasteiger partial charge in [-0.2, -0.15) is 0 Å². The number of nitrogens with one attached hydrogen (secondary N) is 2. The summed E-state index contributed by atoms with van der Waals surface area (Å²) in [5.41, 5.74) is -0.0803. The molecule has 11 heteroatoms. The van der Waals surface area contributed by atoms with E-state index in [4.69, 9.17) is 9.47 Å². The Labute approximate surface area is 163 Å². The molecule has 0 radical (unpaired) electrons. The molecule has 2 N–H and O–H groups in total. The summed E-state index contributed by atoms with van der Waals surface area (Å²) < 4.78 is 35.9. The molecule has 3 amide bonds. The molecule has 0 spiro atoms. The zero-order chi connectivity index (χ0) is 21.1. The second-order valence-electron chi connectivity index (χ2n) is 6.44. The predicted molar refractivity (Wildman–Crippen MR) is 98.4 cm³/mol. The Bertz CT molecular complexity index is 879. The zero-order valence-electron chi connectivity index (χ0n) is 16.0. The summed E-state index contributed by atoms with van der Waals surface area (Å²) >= 11 is 0. The minimum absolute atomic E-state index is 0.0628. The molecule has 1 aromatic carbocycles. The number of amides is 3. The molecule has 1 saturated carbocycles. The molecule has 1 aliphatic carbocycles. The van der Waals surface area contributed by atoms with Crippen molar-refractivity contribution in [2.24, 2.45) is 0 Å². The second-order valence-corrected chi connectivity index (χ2v) is 8.56. The highest BCUT2D eigenvalue weighted by atomic mass is 32.2. The fraction of sp³-hybridized carbons (Fsp3) is 0.471. The van der Waals surface area contributed by atoms with Gasteiger partial charge in [-0.3, -0.25) is 10.1 Å². The summed E-state index contributed by atoms with van der Waals surface area (Å²) in [6.45, 7) is 1.30. The topological polar surface area (TPSA) is 131 Å². The van der Waals surface area contributed by atoms with Crippen LogP contribution in [0.25, 0.3) is 0 Å². The molecular weight excluding hydrogens is 390 g/mol. The van der Waals surface area contributed by atoms with Crippen LogP contribution in [0.1, 0.15) is 30.1 Å². The average molecular weight is 413 g/mol. The third-order valence-corrected chi connectivity index (χ3v) is 5.80. The van der Waals surface area contributed by atoms with Gasteiger partial charge in [0.05, 0.1) is 12.7 Å². The lowest BCUT2D eigenvalue weighted by atomic mass is 10.2. The summed E-state index contributed by atoms with van der Waals surface area (Å²) in [6.07, 6.45) is 0.470. The Kier molecular flexibility index (Phi) is 6.62. The molecule has 154 valence electrons. The van der Waals surface area contributed by atoms with E-state index in [2.05, 4.69) is 10.6 Å². The van der Waals surface area contributed by atoms with Crippen molar-refractivity contribution in [3.8, 4) is 5.75 Å². The number of carbonyl (C=O) groups is 3. The average Bonchev–Trinajstić information content (AvgIpc) is 3.44. The van der Waals surface area contributed by atoms with Gasteiger partial charge in [0.15, 0.2) is 6.10 Å². The van der Waals surface area contributed by atoms with E-state index in [1.165, 1.54) is 40.3 Å². The highest BCUT2D eigenvalue weighted by molar-refractivity contribution is 7.89. The van der Waals surface area contributed by atoms with Crippen molar-refractivity contribution in [1.82, 2.24) is 14.9 Å². The van der Waals surface area contributed by atoms with Crippen LogP contribution in [0.5, 0.6) is 5.75 Å². The number of sulfonamides is 1. The van der Waals surface area contributed by atoms with E-state index in [1.54, 1.807) is 0 Å². The number of imide groups is 1. The van der Waals surface area contributed by atoms with Crippen LogP contribution in [0.3, 0.4) is 0 Å². The molecule has 1 atom stereocenters. The van der Waals surface area contributed by atoms with Crippen LogP contribution in [0.15, 0.2) is 23.1 Å². The number of nitrogens with zero attached hydrogens (tertiary/aromatic N) is 1. The molecule has 0 aromatic heterocycles. The minimum atomic E-state index is -3.87. The Morgan fingerprint density at radius 2 is 1.86 bits per heavy atom. The van der Waals surface area contributed by atoms with Crippen molar-refractivity contribution < 1.29 is 32.3 Å². The zero-order valence-corrected chi connectivity index (χ0v) is 16.8. The highest BCUT2D eigenvalue weighted by Crippen LogP contribution is 2.27. The Morgan fingerprint density at radius 1 is 1.21 bits per heavy atom. The van der Waals surface area contributed by atoms with E-state index in [1.807, 2.05) is 0 Å². The van der Waals surface area contributed by atoms with Gasteiger partial charge in [-0.25, -0.2) is 22.3 Å². The summed E-state index contributed by atoms with van der Waals surface area (Å²) in [4.78, 5) is 35.7. The first-order chi connectivity index (χ1) is 13.1. The number of hydrogen-bond acceptors (Lipinski definition) is 7. The van der Waals surface area contributed by atoms with Gasteiger partial charge in [0.25, 0.3) is 5.91 Å². The maximum atomic E-state index is 12.4. The Morgan fingerprint density at radius 3 is 2.39 bits per heavy atom. The summed E-state index contributed by atoms with van der Waals surface area (Å²) in [6, 6.07) is 3.17. The number of esters is 1. The van der Waals surface area contributed by atoms with Crippen molar-refractivity contribution in [3.05, 3.63) is 23.8 Å². The summed E-state index contributed by atoms with van der Waals surface area (Å²) in [5, 5.41) is 4.66. The SMILES string of the molecule is COc1ccc(C(=O)OC(C)C(=O)NC(=O)NC2CC2)cc1S(=O)(=O)N(C)C. The lowest BCUT2D eigenvalue weighted by Gasteiger charge is -2.16. The van der Waals surface area contributed by atoms with Crippen LogP contribution in [0.4, 0.5) is 4.79 Å². The maximum Gasteiger partial charge on any atom is 0.338 e. The molecule has 1 fully saturated rings. The lowest BCUT2D eigenvalue weighted by molar-refractivity contribution is -0.127. The minimum Gasteiger partial charge on any atom is -0.495 e. The predicted octanol–water partition coefficient (Wildman–Crippen LogP) is 0.479. The number of rotatable bonds is 7. The fourth-order valence-electron chi connectivity index (χ4n) is 2.15. The summed E-state index contributed by atoms with van der Waals surface area (Å²) in [7, 11) is 0.125. The van der Waals surface area contributed by atoms with E-state index in [9.17, 15) is 22.8 Å². The number of benzene rings is 1. The van der Waals surface area contributed by atoms with Gasteiger partial charge in [0.1, 0.15) is 10.6 Å². The Hall–Kier alpha value is -2.66. The first-order valence-corrected chi connectivity index (χ1v) is 9.93. The number of hydrogen-bond donors (Lipinski definition) is 2. The molecule has 0 bridgehead atoms. The number of ether oxygens (including phenoxy) is 2. The van der Waals surface area contributed by atoms with Crippen LogP contribution in [-0.4, -0.2) is 64.0 Å². The molecule has 0 heterocycles. The van der Waals surface area contributed by atoms with Crippen molar-refractivity contribution in [3.63, 3.8) is 0 Å². The van der Waals surface area contributed by atoms with E-state index >= 15 is 0 Å². The molecule has 2 rings (SSSR count). The van der Waals surface area contributed by atoms with E-state index in [0.29, 0.717) is 0 Å². The molecular formula is C17H23N3O7S. The largest absolute Gasteiger partial charge is 0.495 e. The second kappa shape index (κ2) is 8.57. The van der Waals surface area contributed by atoms with E-state index < -0.39 is 34.0 Å². The molecule has 28 heavy (non-hydrogen) atoms. The van der Waals surface area contributed by atoms with Crippen molar-refractivity contribution in [1.29, 1.82) is 0 Å². The molecule has 1 aliphatic rings. The third-order valence-electron chi connectivity index (χ3n) is 3.96. The fourth-order valence-corrected chi connectivity index (χ4v) is 3.22. The van der Waals surface area contributed by atoms with Gasteiger partial charge in [-0.15, -0.1) is 0 Å². The van der Waals surface area contributed by atoms with Gasteiger partial charge < -0.3 is 14.8 Å². The van der Waals surface area contributed by atoms with Crippen molar-refractivity contribution in [2.75, 3.05) is 21.2 Å². The van der Waals surface area contributed by atoms with Gasteiger partial charge in [0, 0.05) is 20.1 Å². The standard InChI is InChI=1S/C17H23N3O7S/c1-10(15(21)19-17(23)18-12-6-7-12)27-16(22)11-5-8-13(26-4)14(9-11)28(24,25)20(2)3/h5,8-10,12H,6-7H2,1-4H3,(H2,18,19,21,23). The summed E-state index contributed by atoms with van der Waals surface area (Å²) in [5.74, 6) is -1.64. The monoisotopic (exact) mass is 413 g/mol. The quantitative estimate of drug-likeness (QED) is 0.622. The van der Waals surface area contributed by atoms with Gasteiger partial charge in [-0.1, -0.05) is 0 Å². The Balaban J connectivity index is 2.10. The maximum absolute atomic E-state index is 12.4. The first kappa shape index (κ1) is 21.6. The van der Waals surface area contributed by atoms with Crippen molar-refractivity contribution in [2.45, 2.75) is 36.8 Å². The molecule has 1 aromatic rings. The van der Waals surface area contributed by atoms with Crippen LogP contribution >= 0.6 is 0 Å². The van der Waals surface area contributed by atoms with E-state index in [-0.39, 0.29) is 22.3 Å². The van der Waals surface area contributed by atoms with E-state index in [0.717, 1.165) is 23.2 Å². The normalized spacial score (nSPS) is 14.9. The third kappa shape index (κ3) is 5.20.